The van der Waals surface area contributed by atoms with Gasteiger partial charge in [0.2, 0.25) is 5.91 Å². The number of fused-ring (bicyclic) bond motifs is 1. The van der Waals surface area contributed by atoms with Crippen LogP contribution in [0, 0.1) is 6.92 Å². The van der Waals surface area contributed by atoms with Crippen LogP contribution in [-0.2, 0) is 11.2 Å². The zero-order valence-electron chi connectivity index (χ0n) is 18.2. The van der Waals surface area contributed by atoms with Crippen molar-refractivity contribution in [2.75, 3.05) is 7.11 Å². The summed E-state index contributed by atoms with van der Waals surface area (Å²) in [4.78, 5) is 29.0. The van der Waals surface area contributed by atoms with Crippen LogP contribution in [0.25, 0.3) is 16.7 Å². The minimum atomic E-state index is -0.423. The lowest BCUT2D eigenvalue weighted by Crippen LogP contribution is -2.27. The van der Waals surface area contributed by atoms with E-state index >= 15 is 0 Å². The average molecular weight is 432 g/mol. The zero-order chi connectivity index (χ0) is 22.7. The molecule has 2 heterocycles. The van der Waals surface area contributed by atoms with Gasteiger partial charge in [-0.25, -0.2) is 14.5 Å². The minimum absolute atomic E-state index is 0.133. The molecule has 4 aromatic rings. The summed E-state index contributed by atoms with van der Waals surface area (Å²) in [6.45, 7) is 3.80. The quantitative estimate of drug-likeness (QED) is 0.449. The molecule has 8 heteroatoms. The Balaban J connectivity index is 1.41. The van der Waals surface area contributed by atoms with E-state index < -0.39 is 5.63 Å². The second-order valence-electron chi connectivity index (χ2n) is 7.58. The fourth-order valence-electron chi connectivity index (χ4n) is 3.68. The van der Waals surface area contributed by atoms with Crippen LogP contribution in [0.3, 0.4) is 0 Å². The van der Waals surface area contributed by atoms with Gasteiger partial charge in [-0.3, -0.25) is 4.79 Å². The number of nitrogens with one attached hydrogen (secondary N) is 1. The van der Waals surface area contributed by atoms with Crippen molar-refractivity contribution in [2.24, 2.45) is 0 Å². The Morgan fingerprint density at radius 1 is 1.22 bits per heavy atom. The Morgan fingerprint density at radius 3 is 2.69 bits per heavy atom. The SMILES string of the molecule is COc1ccc2c(C)c(CCC(=O)NC(C)c3ccc(-n4cncn4)cc3)c(=O)oc2c1. The highest BCUT2D eigenvalue weighted by Gasteiger charge is 2.15. The molecule has 0 aliphatic carbocycles. The molecule has 0 bridgehead atoms. The summed E-state index contributed by atoms with van der Waals surface area (Å²) in [5.74, 6) is 0.488. The van der Waals surface area contributed by atoms with Crippen LogP contribution < -0.4 is 15.7 Å². The van der Waals surface area contributed by atoms with E-state index in [1.807, 2.05) is 50.2 Å². The largest absolute Gasteiger partial charge is 0.497 e. The smallest absolute Gasteiger partial charge is 0.339 e. The predicted octanol–water partition coefficient (Wildman–Crippen LogP) is 3.50. The number of aryl methyl sites for hydroxylation is 1. The third-order valence-electron chi connectivity index (χ3n) is 5.55. The van der Waals surface area contributed by atoms with E-state index in [1.54, 1.807) is 24.2 Å². The van der Waals surface area contributed by atoms with Gasteiger partial charge in [0.1, 0.15) is 24.0 Å². The minimum Gasteiger partial charge on any atom is -0.497 e. The third-order valence-corrected chi connectivity index (χ3v) is 5.55. The third kappa shape index (κ3) is 4.39. The lowest BCUT2D eigenvalue weighted by atomic mass is 10.0. The summed E-state index contributed by atoms with van der Waals surface area (Å²) < 4.78 is 12.3. The molecule has 4 rings (SSSR count). The summed E-state index contributed by atoms with van der Waals surface area (Å²) in [5.41, 5.74) is 3.25. The summed E-state index contributed by atoms with van der Waals surface area (Å²) in [7, 11) is 1.56. The lowest BCUT2D eigenvalue weighted by molar-refractivity contribution is -0.121. The first-order valence-corrected chi connectivity index (χ1v) is 10.3. The van der Waals surface area contributed by atoms with Gasteiger partial charge in [-0.1, -0.05) is 12.1 Å². The molecule has 1 N–H and O–H groups in total. The van der Waals surface area contributed by atoms with Crippen molar-refractivity contribution < 1.29 is 13.9 Å². The standard InChI is InChI=1S/C24H24N4O4/c1-15-20-9-8-19(31-3)12-22(20)32-24(30)21(15)10-11-23(29)27-16(2)17-4-6-18(7-5-17)28-14-25-13-26-28/h4-9,12-14,16H,10-11H2,1-3H3,(H,27,29). The zero-order valence-corrected chi connectivity index (χ0v) is 18.2. The van der Waals surface area contributed by atoms with Crippen LogP contribution in [0.5, 0.6) is 5.75 Å². The Labute approximate surface area is 184 Å². The van der Waals surface area contributed by atoms with Gasteiger partial charge in [-0.2, -0.15) is 5.10 Å². The van der Waals surface area contributed by atoms with Crippen molar-refractivity contribution >= 4 is 16.9 Å². The highest BCUT2D eigenvalue weighted by Crippen LogP contribution is 2.24. The highest BCUT2D eigenvalue weighted by atomic mass is 16.5. The van der Waals surface area contributed by atoms with Gasteiger partial charge in [0.15, 0.2) is 0 Å². The van der Waals surface area contributed by atoms with E-state index in [1.165, 1.54) is 6.33 Å². The predicted molar refractivity (Wildman–Crippen MR) is 120 cm³/mol. The van der Waals surface area contributed by atoms with Crippen molar-refractivity contribution in [3.63, 3.8) is 0 Å². The van der Waals surface area contributed by atoms with Crippen LogP contribution in [0.15, 0.2) is 64.3 Å². The highest BCUT2D eigenvalue weighted by molar-refractivity contribution is 5.82. The van der Waals surface area contributed by atoms with Crippen LogP contribution >= 0.6 is 0 Å². The van der Waals surface area contributed by atoms with Crippen molar-refractivity contribution in [1.29, 1.82) is 0 Å². The summed E-state index contributed by atoms with van der Waals surface area (Å²) in [5, 5.41) is 7.92. The molecule has 2 aromatic heterocycles. The summed E-state index contributed by atoms with van der Waals surface area (Å²) in [6, 6.07) is 12.9. The average Bonchev–Trinajstić information content (AvgIpc) is 3.33. The molecule has 0 aliphatic rings. The first kappa shape index (κ1) is 21.3. The van der Waals surface area contributed by atoms with Crippen molar-refractivity contribution in [2.45, 2.75) is 32.7 Å². The molecule has 0 saturated carbocycles. The second-order valence-corrected chi connectivity index (χ2v) is 7.58. The maximum Gasteiger partial charge on any atom is 0.339 e. The summed E-state index contributed by atoms with van der Waals surface area (Å²) >= 11 is 0. The van der Waals surface area contributed by atoms with Gasteiger partial charge in [-0.05, 0) is 55.7 Å². The number of aromatic nitrogens is 3. The number of methoxy groups -OCH3 is 1. The number of benzene rings is 2. The van der Waals surface area contributed by atoms with Gasteiger partial charge in [0, 0.05) is 23.4 Å². The molecular weight excluding hydrogens is 408 g/mol. The summed E-state index contributed by atoms with van der Waals surface area (Å²) in [6.07, 6.45) is 3.60. The maximum atomic E-state index is 12.5. The molecule has 1 amide bonds. The first-order valence-electron chi connectivity index (χ1n) is 10.3. The number of amides is 1. The van der Waals surface area contributed by atoms with Gasteiger partial charge < -0.3 is 14.5 Å². The Bertz CT molecular complexity index is 1290. The van der Waals surface area contributed by atoms with Crippen molar-refractivity contribution in [1.82, 2.24) is 20.1 Å². The van der Waals surface area contributed by atoms with Crippen LogP contribution in [0.1, 0.15) is 36.1 Å². The molecule has 2 aromatic carbocycles. The molecule has 1 atom stereocenters. The molecule has 1 unspecified atom stereocenters. The van der Waals surface area contributed by atoms with Gasteiger partial charge in [0.25, 0.3) is 0 Å². The fourth-order valence-corrected chi connectivity index (χ4v) is 3.68. The van der Waals surface area contributed by atoms with Crippen LogP contribution in [-0.4, -0.2) is 27.8 Å². The van der Waals surface area contributed by atoms with E-state index in [0.29, 0.717) is 23.3 Å². The molecule has 0 fully saturated rings. The lowest BCUT2D eigenvalue weighted by Gasteiger charge is -2.15. The number of ether oxygens (including phenoxy) is 1. The number of hydrogen-bond acceptors (Lipinski definition) is 6. The van der Waals surface area contributed by atoms with Crippen LogP contribution in [0.2, 0.25) is 0 Å². The maximum absolute atomic E-state index is 12.5. The number of nitrogens with zero attached hydrogens (tertiary/aromatic N) is 3. The molecule has 0 saturated heterocycles. The molecule has 8 nitrogen and oxygen atoms in total. The molecule has 0 spiro atoms. The van der Waals surface area contributed by atoms with Gasteiger partial charge in [-0.15, -0.1) is 0 Å². The second kappa shape index (κ2) is 9.05. The van der Waals surface area contributed by atoms with Gasteiger partial charge >= 0.3 is 5.63 Å². The van der Waals surface area contributed by atoms with E-state index in [-0.39, 0.29) is 18.4 Å². The van der Waals surface area contributed by atoms with E-state index in [0.717, 1.165) is 22.2 Å². The Hall–Kier alpha value is -3.94. The van der Waals surface area contributed by atoms with Crippen molar-refractivity contribution in [3.05, 3.63) is 82.2 Å². The fraction of sp³-hybridized carbons (Fsp3) is 0.250. The molecular formula is C24H24N4O4. The Morgan fingerprint density at radius 2 is 2.00 bits per heavy atom. The monoisotopic (exact) mass is 432 g/mol. The van der Waals surface area contributed by atoms with Gasteiger partial charge in [0.05, 0.1) is 18.8 Å². The normalized spacial score (nSPS) is 12.0. The number of carbonyl (C=O) groups excluding carboxylic acids is 1. The number of hydrogen-bond donors (Lipinski definition) is 1. The number of rotatable bonds is 7. The van der Waals surface area contributed by atoms with E-state index in [2.05, 4.69) is 15.4 Å². The van der Waals surface area contributed by atoms with Crippen LogP contribution in [0.4, 0.5) is 0 Å². The molecule has 164 valence electrons. The molecule has 32 heavy (non-hydrogen) atoms. The molecule has 0 aliphatic heterocycles. The topological polar surface area (TPSA) is 99.2 Å². The molecule has 0 radical (unpaired) electrons. The first-order chi connectivity index (χ1) is 15.5. The van der Waals surface area contributed by atoms with E-state index in [9.17, 15) is 9.59 Å². The Kier molecular flexibility index (Phi) is 6.02. The van der Waals surface area contributed by atoms with Crippen molar-refractivity contribution in [3.8, 4) is 11.4 Å². The van der Waals surface area contributed by atoms with E-state index in [4.69, 9.17) is 9.15 Å². The number of carbonyl (C=O) groups is 1.